The number of fused-ring (bicyclic) bond motifs is 1. The van der Waals surface area contributed by atoms with Gasteiger partial charge >= 0.3 is 0 Å². The molecule has 1 aliphatic rings. The zero-order valence-electron chi connectivity index (χ0n) is 12.8. The van der Waals surface area contributed by atoms with Crippen LogP contribution in [0.1, 0.15) is 56.2 Å². The third kappa shape index (κ3) is 6.46. The van der Waals surface area contributed by atoms with Crippen molar-refractivity contribution < 1.29 is 15.2 Å². The van der Waals surface area contributed by atoms with Crippen LogP contribution in [0.25, 0.3) is 0 Å². The Kier molecular flexibility index (Phi) is 8.23. The molecule has 1 atom stereocenters. The van der Waals surface area contributed by atoms with E-state index in [9.17, 15) is 9.90 Å². The second-order valence-electron chi connectivity index (χ2n) is 5.32. The van der Waals surface area contributed by atoms with Gasteiger partial charge in [0.2, 0.25) is 0 Å². The van der Waals surface area contributed by atoms with Crippen molar-refractivity contribution in [1.29, 1.82) is 0 Å². The minimum absolute atomic E-state index is 0.216. The number of carboxylic acids is 1. The summed E-state index contributed by atoms with van der Waals surface area (Å²) in [6.45, 7) is 2.83. The molecule has 0 bridgehead atoms. The normalized spacial score (nSPS) is 15.5. The lowest BCUT2D eigenvalue weighted by molar-refractivity contribution is -0.685. The smallest absolute Gasteiger partial charge is 0.138 e. The van der Waals surface area contributed by atoms with Crippen LogP contribution in [0.15, 0.2) is 24.3 Å². The summed E-state index contributed by atoms with van der Waals surface area (Å²) >= 11 is 0. The molecule has 0 aliphatic heterocycles. The number of unbranched alkanes of at least 4 members (excludes halogenated alkanes) is 2. The predicted molar refractivity (Wildman–Crippen MR) is 82.3 cm³/mol. The van der Waals surface area contributed by atoms with Gasteiger partial charge in [0.25, 0.3) is 0 Å². The van der Waals surface area contributed by atoms with Gasteiger partial charge in [-0.3, -0.25) is 0 Å². The summed E-state index contributed by atoms with van der Waals surface area (Å²) in [7, 11) is 0. The lowest BCUT2D eigenvalue weighted by Gasteiger charge is -2.07. The molecule has 0 unspecified atom stereocenters. The molecule has 0 radical (unpaired) electrons. The minimum atomic E-state index is -0.932. The van der Waals surface area contributed by atoms with Crippen LogP contribution in [0, 0.1) is 12.3 Å². The number of carboxylic acid groups (broad SMARTS) is 1. The molecule has 1 aromatic rings. The fourth-order valence-corrected chi connectivity index (χ4v) is 2.56. The summed E-state index contributed by atoms with van der Waals surface area (Å²) in [5.74, 6) is 1.74. The molecule has 0 saturated carbocycles. The van der Waals surface area contributed by atoms with E-state index >= 15 is 0 Å². The SMILES string of the molecule is C#CC[NH2+][C@@H]1CCc2ccccc21.CCCCCC(=O)[O-]. The Bertz CT molecular complexity index is 476. The molecule has 3 nitrogen and oxygen atoms in total. The zero-order valence-corrected chi connectivity index (χ0v) is 12.8. The third-order valence-corrected chi connectivity index (χ3v) is 3.68. The van der Waals surface area contributed by atoms with Gasteiger partial charge in [-0.25, -0.2) is 0 Å². The van der Waals surface area contributed by atoms with Crippen LogP contribution < -0.4 is 10.4 Å². The van der Waals surface area contributed by atoms with E-state index in [4.69, 9.17) is 6.42 Å². The molecular weight excluding hydrogens is 262 g/mol. The minimum Gasteiger partial charge on any atom is -0.550 e. The highest BCUT2D eigenvalue weighted by Gasteiger charge is 2.23. The van der Waals surface area contributed by atoms with Crippen LogP contribution in [0.4, 0.5) is 0 Å². The number of benzene rings is 1. The largest absolute Gasteiger partial charge is 0.550 e. The fraction of sp³-hybridized carbons (Fsp3) is 0.500. The number of carbonyl (C=O) groups excluding carboxylic acids is 1. The number of hydrogen-bond acceptors (Lipinski definition) is 2. The summed E-state index contributed by atoms with van der Waals surface area (Å²) < 4.78 is 0. The highest BCUT2D eigenvalue weighted by Crippen LogP contribution is 2.27. The summed E-state index contributed by atoms with van der Waals surface area (Å²) in [5, 5.41) is 12.0. The third-order valence-electron chi connectivity index (χ3n) is 3.68. The molecule has 0 heterocycles. The van der Waals surface area contributed by atoms with Crippen molar-refractivity contribution in [3.63, 3.8) is 0 Å². The van der Waals surface area contributed by atoms with Gasteiger partial charge < -0.3 is 15.2 Å². The first-order chi connectivity index (χ1) is 10.2. The molecule has 114 valence electrons. The maximum Gasteiger partial charge on any atom is 0.138 e. The maximum atomic E-state index is 9.76. The first-order valence-electron chi connectivity index (χ1n) is 7.73. The molecule has 21 heavy (non-hydrogen) atoms. The number of quaternary nitrogens is 1. The van der Waals surface area contributed by atoms with Gasteiger partial charge in [-0.2, -0.15) is 0 Å². The fourth-order valence-electron chi connectivity index (χ4n) is 2.56. The van der Waals surface area contributed by atoms with Crippen LogP contribution in [-0.2, 0) is 11.2 Å². The van der Waals surface area contributed by atoms with Gasteiger partial charge in [-0.05, 0) is 30.7 Å². The number of terminal acetylenes is 1. The van der Waals surface area contributed by atoms with Crippen LogP contribution in [0.2, 0.25) is 0 Å². The Hall–Kier alpha value is -1.79. The van der Waals surface area contributed by atoms with E-state index in [1.165, 1.54) is 24.0 Å². The Labute approximate surface area is 127 Å². The lowest BCUT2D eigenvalue weighted by Crippen LogP contribution is -2.84. The molecule has 1 aliphatic carbocycles. The summed E-state index contributed by atoms with van der Waals surface area (Å²) in [6, 6.07) is 9.27. The number of aryl methyl sites for hydroxylation is 1. The van der Waals surface area contributed by atoms with Crippen molar-refractivity contribution in [2.45, 2.75) is 51.5 Å². The van der Waals surface area contributed by atoms with Crippen molar-refractivity contribution in [3.8, 4) is 12.3 Å². The van der Waals surface area contributed by atoms with Crippen molar-refractivity contribution in [2.24, 2.45) is 0 Å². The molecular formula is C18H25NO2. The monoisotopic (exact) mass is 287 g/mol. The molecule has 2 rings (SSSR count). The number of carbonyl (C=O) groups is 1. The first kappa shape index (κ1) is 17.3. The molecule has 0 amide bonds. The Morgan fingerprint density at radius 3 is 2.86 bits per heavy atom. The average molecular weight is 287 g/mol. The number of aliphatic carboxylic acids is 1. The molecule has 0 spiro atoms. The quantitative estimate of drug-likeness (QED) is 0.631. The standard InChI is InChI=1S/C12H13N.C6H12O2/c1-2-9-13-12-8-7-10-5-3-4-6-11(10)12;1-2-3-4-5-6(7)8/h1,3-6,12-13H,7-9H2;2-5H2,1H3,(H,7,8)/t12-;/m1./s1. The summed E-state index contributed by atoms with van der Waals surface area (Å²) in [6.07, 6.45) is 10.7. The van der Waals surface area contributed by atoms with E-state index in [2.05, 4.69) is 35.5 Å². The maximum absolute atomic E-state index is 9.76. The van der Waals surface area contributed by atoms with Gasteiger partial charge in [0, 0.05) is 18.0 Å². The Morgan fingerprint density at radius 1 is 1.43 bits per heavy atom. The number of rotatable bonds is 6. The van der Waals surface area contributed by atoms with Crippen molar-refractivity contribution >= 4 is 5.97 Å². The molecule has 2 N–H and O–H groups in total. The first-order valence-corrected chi connectivity index (χ1v) is 7.73. The van der Waals surface area contributed by atoms with Gasteiger partial charge in [0.15, 0.2) is 0 Å². The van der Waals surface area contributed by atoms with Crippen molar-refractivity contribution in [1.82, 2.24) is 0 Å². The van der Waals surface area contributed by atoms with Gasteiger partial charge in [0.1, 0.15) is 12.6 Å². The Morgan fingerprint density at radius 2 is 2.19 bits per heavy atom. The van der Waals surface area contributed by atoms with Gasteiger partial charge in [0.05, 0.1) is 0 Å². The van der Waals surface area contributed by atoms with E-state index in [1.807, 2.05) is 6.92 Å². The van der Waals surface area contributed by atoms with E-state index in [0.29, 0.717) is 6.04 Å². The average Bonchev–Trinajstić information content (AvgIpc) is 2.89. The number of nitrogens with two attached hydrogens (primary N) is 1. The van der Waals surface area contributed by atoms with Crippen LogP contribution in [0.5, 0.6) is 0 Å². The second-order valence-corrected chi connectivity index (χ2v) is 5.32. The van der Waals surface area contributed by atoms with E-state index in [0.717, 1.165) is 25.8 Å². The summed E-state index contributed by atoms with van der Waals surface area (Å²) in [5.41, 5.74) is 2.98. The van der Waals surface area contributed by atoms with Crippen molar-refractivity contribution in [3.05, 3.63) is 35.4 Å². The van der Waals surface area contributed by atoms with Gasteiger partial charge in [-0.15, -0.1) is 6.42 Å². The van der Waals surface area contributed by atoms with Crippen LogP contribution >= 0.6 is 0 Å². The molecule has 1 aromatic carbocycles. The number of hydrogen-bond donors (Lipinski definition) is 1. The predicted octanol–water partition coefficient (Wildman–Crippen LogP) is 1.19. The van der Waals surface area contributed by atoms with Crippen molar-refractivity contribution in [2.75, 3.05) is 6.54 Å². The molecule has 0 fully saturated rings. The molecule has 3 heteroatoms. The van der Waals surface area contributed by atoms with E-state index in [-0.39, 0.29) is 6.42 Å². The second kappa shape index (κ2) is 10.0. The highest BCUT2D eigenvalue weighted by atomic mass is 16.4. The van der Waals surface area contributed by atoms with E-state index in [1.54, 1.807) is 0 Å². The topological polar surface area (TPSA) is 56.7 Å². The van der Waals surface area contributed by atoms with Crippen LogP contribution in [-0.4, -0.2) is 12.5 Å². The Balaban J connectivity index is 0.000000240. The van der Waals surface area contributed by atoms with E-state index < -0.39 is 5.97 Å². The van der Waals surface area contributed by atoms with Crippen LogP contribution in [0.3, 0.4) is 0 Å². The lowest BCUT2D eigenvalue weighted by atomic mass is 10.1. The zero-order chi connectivity index (χ0) is 15.5. The molecule has 0 saturated heterocycles. The van der Waals surface area contributed by atoms with Gasteiger partial charge in [-0.1, -0.05) is 44.0 Å². The highest BCUT2D eigenvalue weighted by molar-refractivity contribution is 5.64. The molecule has 0 aromatic heterocycles. The summed E-state index contributed by atoms with van der Waals surface area (Å²) in [4.78, 5) is 9.76.